The van der Waals surface area contributed by atoms with Gasteiger partial charge in [0.05, 0.1) is 0 Å². The van der Waals surface area contributed by atoms with Crippen LogP contribution in [0.1, 0.15) is 38.2 Å². The summed E-state index contributed by atoms with van der Waals surface area (Å²) < 4.78 is 1.64. The van der Waals surface area contributed by atoms with Gasteiger partial charge >= 0.3 is 5.69 Å². The van der Waals surface area contributed by atoms with Crippen LogP contribution in [0.5, 0.6) is 0 Å². The van der Waals surface area contributed by atoms with E-state index < -0.39 is 0 Å². The van der Waals surface area contributed by atoms with Crippen molar-refractivity contribution in [2.45, 2.75) is 51.6 Å². The average molecular weight is 265 g/mol. The number of aromatic amines is 1. The zero-order valence-electron chi connectivity index (χ0n) is 11.8. The lowest BCUT2D eigenvalue weighted by Gasteiger charge is -2.32. The zero-order chi connectivity index (χ0) is 13.8. The van der Waals surface area contributed by atoms with Gasteiger partial charge < -0.3 is 9.47 Å². The van der Waals surface area contributed by atoms with Gasteiger partial charge in [0.25, 0.3) is 5.56 Å². The molecule has 19 heavy (non-hydrogen) atoms. The van der Waals surface area contributed by atoms with Crippen LogP contribution in [0.2, 0.25) is 0 Å². The highest BCUT2D eigenvalue weighted by Gasteiger charge is 2.18. The number of nitrogens with zero attached hydrogens (tertiary/aromatic N) is 2. The average Bonchev–Trinajstić information content (AvgIpc) is 2.39. The number of hydrogen-bond donors (Lipinski definition) is 1. The predicted molar refractivity (Wildman–Crippen MR) is 75.6 cm³/mol. The molecule has 1 aliphatic rings. The Morgan fingerprint density at radius 1 is 1.37 bits per heavy atom. The second kappa shape index (κ2) is 6.19. The Kier molecular flexibility index (Phi) is 4.58. The lowest BCUT2D eigenvalue weighted by atomic mass is 10.0. The summed E-state index contributed by atoms with van der Waals surface area (Å²) in [5.41, 5.74) is 0.135. The molecule has 2 heterocycles. The van der Waals surface area contributed by atoms with Crippen molar-refractivity contribution >= 4 is 0 Å². The van der Waals surface area contributed by atoms with Gasteiger partial charge in [0.2, 0.25) is 0 Å². The molecule has 106 valence electrons. The van der Waals surface area contributed by atoms with E-state index in [1.807, 2.05) is 6.92 Å². The molecule has 0 spiro atoms. The Morgan fingerprint density at radius 2 is 2.16 bits per heavy atom. The number of H-pyrrole nitrogens is 1. The van der Waals surface area contributed by atoms with Gasteiger partial charge in [-0.3, -0.25) is 9.78 Å². The molecular formula is C14H23N3O2. The first kappa shape index (κ1) is 14.1. The van der Waals surface area contributed by atoms with Crippen molar-refractivity contribution in [2.75, 3.05) is 13.6 Å². The molecule has 1 aromatic heterocycles. The van der Waals surface area contributed by atoms with Crippen LogP contribution in [0, 0.1) is 0 Å². The van der Waals surface area contributed by atoms with E-state index in [1.165, 1.54) is 19.3 Å². The molecule has 1 saturated heterocycles. The Hall–Kier alpha value is -1.36. The van der Waals surface area contributed by atoms with Gasteiger partial charge in [-0.25, -0.2) is 4.79 Å². The van der Waals surface area contributed by atoms with Gasteiger partial charge in [-0.2, -0.15) is 0 Å². The van der Waals surface area contributed by atoms with E-state index in [-0.39, 0.29) is 11.2 Å². The summed E-state index contributed by atoms with van der Waals surface area (Å²) in [6, 6.07) is 0.553. The van der Waals surface area contributed by atoms with E-state index in [1.54, 1.807) is 10.8 Å². The quantitative estimate of drug-likeness (QED) is 0.882. The SMILES string of the molecule is CCc1cn(CCC2CCCCN2C)c(=O)[nH]c1=O. The Balaban J connectivity index is 2.06. The summed E-state index contributed by atoms with van der Waals surface area (Å²) in [6.45, 7) is 3.75. The molecule has 5 nitrogen and oxygen atoms in total. The summed E-state index contributed by atoms with van der Waals surface area (Å²) in [5, 5.41) is 0. The summed E-state index contributed by atoms with van der Waals surface area (Å²) in [6.07, 6.45) is 7.07. The molecule has 0 amide bonds. The number of nitrogens with one attached hydrogen (secondary N) is 1. The molecule has 0 aromatic carbocycles. The molecule has 1 aromatic rings. The van der Waals surface area contributed by atoms with Gasteiger partial charge in [0.1, 0.15) is 0 Å². The minimum atomic E-state index is -0.291. The second-order valence-corrected chi connectivity index (χ2v) is 5.38. The second-order valence-electron chi connectivity index (χ2n) is 5.38. The molecule has 1 aliphatic heterocycles. The van der Waals surface area contributed by atoms with Crippen molar-refractivity contribution in [1.29, 1.82) is 0 Å². The number of aryl methyl sites for hydroxylation is 2. The standard InChI is InChI=1S/C14H23N3O2/c1-3-11-10-17(14(19)15-13(11)18)9-7-12-6-4-5-8-16(12)2/h10,12H,3-9H2,1-2H3,(H,15,18,19). The highest BCUT2D eigenvalue weighted by molar-refractivity contribution is 5.03. The lowest BCUT2D eigenvalue weighted by Crippen LogP contribution is -2.38. The van der Waals surface area contributed by atoms with E-state index in [4.69, 9.17) is 0 Å². The molecule has 0 aliphatic carbocycles. The van der Waals surface area contributed by atoms with E-state index in [0.29, 0.717) is 24.6 Å². The molecular weight excluding hydrogens is 242 g/mol. The third kappa shape index (κ3) is 3.35. The van der Waals surface area contributed by atoms with Crippen LogP contribution in [-0.4, -0.2) is 34.1 Å². The fourth-order valence-electron chi connectivity index (χ4n) is 2.77. The predicted octanol–water partition coefficient (Wildman–Crippen LogP) is 0.973. The number of rotatable bonds is 4. The maximum Gasteiger partial charge on any atom is 0.328 e. The van der Waals surface area contributed by atoms with E-state index in [0.717, 1.165) is 13.0 Å². The Labute approximate surface area is 113 Å². The van der Waals surface area contributed by atoms with Crippen LogP contribution >= 0.6 is 0 Å². The van der Waals surface area contributed by atoms with E-state index in [2.05, 4.69) is 16.9 Å². The minimum Gasteiger partial charge on any atom is -0.303 e. The van der Waals surface area contributed by atoms with Crippen molar-refractivity contribution in [1.82, 2.24) is 14.5 Å². The summed E-state index contributed by atoms with van der Waals surface area (Å²) in [4.78, 5) is 28.0. The van der Waals surface area contributed by atoms with Gasteiger partial charge in [-0.05, 0) is 39.3 Å². The van der Waals surface area contributed by atoms with Crippen LogP contribution in [0.25, 0.3) is 0 Å². The minimum absolute atomic E-state index is 0.251. The number of hydrogen-bond acceptors (Lipinski definition) is 3. The van der Waals surface area contributed by atoms with Crippen molar-refractivity contribution in [3.63, 3.8) is 0 Å². The maximum atomic E-state index is 11.8. The molecule has 0 bridgehead atoms. The third-order valence-electron chi connectivity index (χ3n) is 4.09. The summed E-state index contributed by atoms with van der Waals surface area (Å²) >= 11 is 0. The van der Waals surface area contributed by atoms with Crippen molar-refractivity contribution < 1.29 is 0 Å². The molecule has 1 N–H and O–H groups in total. The number of piperidine rings is 1. The smallest absolute Gasteiger partial charge is 0.303 e. The van der Waals surface area contributed by atoms with Crippen LogP contribution < -0.4 is 11.2 Å². The first-order valence-corrected chi connectivity index (χ1v) is 7.14. The molecule has 1 atom stereocenters. The summed E-state index contributed by atoms with van der Waals surface area (Å²) in [5.74, 6) is 0. The highest BCUT2D eigenvalue weighted by Crippen LogP contribution is 2.17. The fourth-order valence-corrected chi connectivity index (χ4v) is 2.77. The van der Waals surface area contributed by atoms with Crippen LogP contribution in [-0.2, 0) is 13.0 Å². The van der Waals surface area contributed by atoms with Crippen LogP contribution in [0.3, 0.4) is 0 Å². The number of aromatic nitrogens is 2. The van der Waals surface area contributed by atoms with E-state index >= 15 is 0 Å². The highest BCUT2D eigenvalue weighted by atomic mass is 16.2. The van der Waals surface area contributed by atoms with Crippen molar-refractivity contribution in [3.05, 3.63) is 32.6 Å². The Morgan fingerprint density at radius 3 is 2.84 bits per heavy atom. The van der Waals surface area contributed by atoms with Gasteiger partial charge in [-0.15, -0.1) is 0 Å². The van der Waals surface area contributed by atoms with Gasteiger partial charge in [-0.1, -0.05) is 13.3 Å². The first-order valence-electron chi connectivity index (χ1n) is 7.14. The van der Waals surface area contributed by atoms with Crippen molar-refractivity contribution in [3.8, 4) is 0 Å². The fraction of sp³-hybridized carbons (Fsp3) is 0.714. The molecule has 0 saturated carbocycles. The molecule has 0 radical (unpaired) electrons. The number of likely N-dealkylation sites (tertiary alicyclic amines) is 1. The first-order chi connectivity index (χ1) is 9.11. The van der Waals surface area contributed by atoms with E-state index in [9.17, 15) is 9.59 Å². The summed E-state index contributed by atoms with van der Waals surface area (Å²) in [7, 11) is 2.15. The normalized spacial score (nSPS) is 20.6. The monoisotopic (exact) mass is 265 g/mol. The Bertz CT molecular complexity index is 532. The maximum absolute atomic E-state index is 11.8. The molecule has 5 heteroatoms. The molecule has 1 fully saturated rings. The topological polar surface area (TPSA) is 58.1 Å². The van der Waals surface area contributed by atoms with Gasteiger partial charge in [0, 0.05) is 24.3 Å². The lowest BCUT2D eigenvalue weighted by molar-refractivity contribution is 0.170. The van der Waals surface area contributed by atoms with Gasteiger partial charge in [0.15, 0.2) is 0 Å². The molecule has 1 unspecified atom stereocenters. The largest absolute Gasteiger partial charge is 0.328 e. The third-order valence-corrected chi connectivity index (χ3v) is 4.09. The van der Waals surface area contributed by atoms with Crippen molar-refractivity contribution in [2.24, 2.45) is 0 Å². The molecule has 2 rings (SSSR count). The zero-order valence-corrected chi connectivity index (χ0v) is 11.8. The van der Waals surface area contributed by atoms with Crippen LogP contribution in [0.4, 0.5) is 0 Å². The van der Waals surface area contributed by atoms with Crippen LogP contribution in [0.15, 0.2) is 15.8 Å².